The van der Waals surface area contributed by atoms with Crippen LogP contribution in [0.4, 0.5) is 4.39 Å². The molecule has 1 fully saturated rings. The first-order valence-corrected chi connectivity index (χ1v) is 10.7. The zero-order valence-corrected chi connectivity index (χ0v) is 17.1. The van der Waals surface area contributed by atoms with Gasteiger partial charge in [-0.1, -0.05) is 12.1 Å². The SMILES string of the molecule is CCOc1cc(C(=O)N2CCN(S(=O)(=O)c3ccccc3F)CC2)ccc1OC. The van der Waals surface area contributed by atoms with Crippen molar-refractivity contribution in [2.75, 3.05) is 39.9 Å². The largest absolute Gasteiger partial charge is 0.493 e. The van der Waals surface area contributed by atoms with Gasteiger partial charge in [-0.15, -0.1) is 0 Å². The summed E-state index contributed by atoms with van der Waals surface area (Å²) in [5.74, 6) is -0.00458. The third-order valence-corrected chi connectivity index (χ3v) is 6.62. The summed E-state index contributed by atoms with van der Waals surface area (Å²) in [6, 6.07) is 10.2. The number of ether oxygens (including phenoxy) is 2. The second kappa shape index (κ2) is 8.79. The van der Waals surface area contributed by atoms with E-state index in [0.29, 0.717) is 23.7 Å². The number of carbonyl (C=O) groups excluding carboxylic acids is 1. The first-order chi connectivity index (χ1) is 13.9. The number of amides is 1. The Morgan fingerprint density at radius 1 is 1.07 bits per heavy atom. The van der Waals surface area contributed by atoms with Gasteiger partial charge in [0.1, 0.15) is 10.7 Å². The molecule has 0 spiro atoms. The summed E-state index contributed by atoms with van der Waals surface area (Å²) in [6.07, 6.45) is 0. The maximum absolute atomic E-state index is 13.9. The third-order valence-electron chi connectivity index (χ3n) is 4.69. The molecule has 1 aliphatic rings. The van der Waals surface area contributed by atoms with Gasteiger partial charge in [-0.3, -0.25) is 4.79 Å². The van der Waals surface area contributed by atoms with E-state index in [1.165, 1.54) is 29.6 Å². The zero-order valence-electron chi connectivity index (χ0n) is 16.3. The maximum atomic E-state index is 13.9. The van der Waals surface area contributed by atoms with Crippen molar-refractivity contribution in [3.05, 3.63) is 53.8 Å². The molecule has 9 heteroatoms. The van der Waals surface area contributed by atoms with E-state index in [2.05, 4.69) is 0 Å². The van der Waals surface area contributed by atoms with Gasteiger partial charge in [0.05, 0.1) is 13.7 Å². The van der Waals surface area contributed by atoms with Crippen LogP contribution in [0.15, 0.2) is 47.4 Å². The molecule has 2 aromatic rings. The summed E-state index contributed by atoms with van der Waals surface area (Å²) in [6.45, 7) is 2.88. The fourth-order valence-corrected chi connectivity index (χ4v) is 4.67. The van der Waals surface area contributed by atoms with Crippen molar-refractivity contribution in [1.82, 2.24) is 9.21 Å². The van der Waals surface area contributed by atoms with Crippen LogP contribution < -0.4 is 9.47 Å². The zero-order chi connectivity index (χ0) is 21.0. The quantitative estimate of drug-likeness (QED) is 0.715. The van der Waals surface area contributed by atoms with Crippen LogP contribution in [-0.4, -0.2) is 63.4 Å². The number of piperazine rings is 1. The lowest BCUT2D eigenvalue weighted by molar-refractivity contribution is 0.0697. The summed E-state index contributed by atoms with van der Waals surface area (Å²) in [5.41, 5.74) is 0.430. The molecule has 0 aliphatic carbocycles. The lowest BCUT2D eigenvalue weighted by Crippen LogP contribution is -2.50. The average molecular weight is 422 g/mol. The van der Waals surface area contributed by atoms with Crippen LogP contribution in [0.5, 0.6) is 11.5 Å². The highest BCUT2D eigenvalue weighted by atomic mass is 32.2. The van der Waals surface area contributed by atoms with Gasteiger partial charge in [-0.05, 0) is 37.3 Å². The number of halogens is 1. The van der Waals surface area contributed by atoms with Crippen molar-refractivity contribution < 1.29 is 27.1 Å². The Balaban J connectivity index is 1.71. The Bertz CT molecular complexity index is 988. The molecule has 1 saturated heterocycles. The van der Waals surface area contributed by atoms with E-state index < -0.39 is 15.8 Å². The van der Waals surface area contributed by atoms with E-state index in [-0.39, 0.29) is 37.0 Å². The molecule has 1 aliphatic heterocycles. The van der Waals surface area contributed by atoms with Crippen molar-refractivity contribution >= 4 is 15.9 Å². The highest BCUT2D eigenvalue weighted by molar-refractivity contribution is 7.89. The molecular weight excluding hydrogens is 399 g/mol. The Kier molecular flexibility index (Phi) is 6.39. The number of hydrogen-bond acceptors (Lipinski definition) is 5. The van der Waals surface area contributed by atoms with Crippen molar-refractivity contribution in [1.29, 1.82) is 0 Å². The lowest BCUT2D eigenvalue weighted by atomic mass is 10.1. The fourth-order valence-electron chi connectivity index (χ4n) is 3.19. The van der Waals surface area contributed by atoms with Crippen molar-refractivity contribution in [3.63, 3.8) is 0 Å². The van der Waals surface area contributed by atoms with Crippen molar-refractivity contribution in [2.24, 2.45) is 0 Å². The standard InChI is InChI=1S/C20H23FN2O5S/c1-3-28-18-14-15(8-9-17(18)27-2)20(24)22-10-12-23(13-11-22)29(25,26)19-7-5-4-6-16(19)21/h4-9,14H,3,10-13H2,1-2H3. The first kappa shape index (κ1) is 21.1. The third kappa shape index (κ3) is 4.35. The van der Waals surface area contributed by atoms with Gasteiger partial charge in [-0.2, -0.15) is 4.31 Å². The summed E-state index contributed by atoms with van der Waals surface area (Å²) in [5, 5.41) is 0. The minimum atomic E-state index is -3.95. The summed E-state index contributed by atoms with van der Waals surface area (Å²) >= 11 is 0. The minimum absolute atomic E-state index is 0.0941. The maximum Gasteiger partial charge on any atom is 0.254 e. The molecule has 0 atom stereocenters. The molecule has 0 radical (unpaired) electrons. The van der Waals surface area contributed by atoms with Crippen LogP contribution in [0.25, 0.3) is 0 Å². The Labute approximate surface area is 169 Å². The normalized spacial score (nSPS) is 15.2. The number of nitrogens with zero attached hydrogens (tertiary/aromatic N) is 2. The van der Waals surface area contributed by atoms with Crippen LogP contribution in [0.2, 0.25) is 0 Å². The van der Waals surface area contributed by atoms with Crippen LogP contribution in [0, 0.1) is 5.82 Å². The van der Waals surface area contributed by atoms with Gasteiger partial charge in [0.15, 0.2) is 11.5 Å². The second-order valence-electron chi connectivity index (χ2n) is 6.43. The Morgan fingerprint density at radius 2 is 1.76 bits per heavy atom. The predicted octanol–water partition coefficient (Wildman–Crippen LogP) is 2.38. The molecule has 0 N–H and O–H groups in total. The predicted molar refractivity (Wildman–Crippen MR) is 105 cm³/mol. The van der Waals surface area contributed by atoms with E-state index in [4.69, 9.17) is 9.47 Å². The number of sulfonamides is 1. The van der Waals surface area contributed by atoms with Crippen molar-refractivity contribution in [2.45, 2.75) is 11.8 Å². The van der Waals surface area contributed by atoms with Gasteiger partial charge in [0.25, 0.3) is 5.91 Å². The van der Waals surface area contributed by atoms with Gasteiger partial charge in [-0.25, -0.2) is 12.8 Å². The molecule has 0 saturated carbocycles. The van der Waals surface area contributed by atoms with Gasteiger partial charge in [0.2, 0.25) is 10.0 Å². The fraction of sp³-hybridized carbons (Fsp3) is 0.350. The molecule has 3 rings (SSSR count). The molecule has 7 nitrogen and oxygen atoms in total. The van der Waals surface area contributed by atoms with E-state index in [1.807, 2.05) is 6.92 Å². The number of methoxy groups -OCH3 is 1. The molecule has 1 amide bonds. The topological polar surface area (TPSA) is 76.2 Å². The number of hydrogen-bond donors (Lipinski definition) is 0. The molecular formula is C20H23FN2O5S. The monoisotopic (exact) mass is 422 g/mol. The molecule has 156 valence electrons. The Morgan fingerprint density at radius 3 is 2.38 bits per heavy atom. The average Bonchev–Trinajstić information content (AvgIpc) is 2.73. The van der Waals surface area contributed by atoms with E-state index >= 15 is 0 Å². The van der Waals surface area contributed by atoms with Gasteiger partial charge >= 0.3 is 0 Å². The van der Waals surface area contributed by atoms with Gasteiger partial charge in [0, 0.05) is 31.7 Å². The van der Waals surface area contributed by atoms with Crippen LogP contribution in [0.1, 0.15) is 17.3 Å². The first-order valence-electron chi connectivity index (χ1n) is 9.23. The molecule has 0 aromatic heterocycles. The smallest absolute Gasteiger partial charge is 0.254 e. The van der Waals surface area contributed by atoms with Crippen LogP contribution in [0.3, 0.4) is 0 Å². The molecule has 29 heavy (non-hydrogen) atoms. The lowest BCUT2D eigenvalue weighted by Gasteiger charge is -2.34. The summed E-state index contributed by atoms with van der Waals surface area (Å²) in [7, 11) is -2.42. The number of carbonyl (C=O) groups is 1. The molecule has 0 bridgehead atoms. The van der Waals surface area contributed by atoms with Crippen molar-refractivity contribution in [3.8, 4) is 11.5 Å². The number of benzene rings is 2. The highest BCUT2D eigenvalue weighted by Gasteiger charge is 2.32. The minimum Gasteiger partial charge on any atom is -0.493 e. The van der Waals surface area contributed by atoms with E-state index in [0.717, 1.165) is 6.07 Å². The van der Waals surface area contributed by atoms with Crippen LogP contribution >= 0.6 is 0 Å². The second-order valence-corrected chi connectivity index (χ2v) is 8.33. The molecule has 2 aromatic carbocycles. The molecule has 1 heterocycles. The summed E-state index contributed by atoms with van der Waals surface area (Å²) in [4.78, 5) is 14.1. The van der Waals surface area contributed by atoms with E-state index in [9.17, 15) is 17.6 Å². The Hall–Kier alpha value is -2.65. The molecule has 0 unspecified atom stereocenters. The summed E-state index contributed by atoms with van der Waals surface area (Å²) < 4.78 is 51.3. The highest BCUT2D eigenvalue weighted by Crippen LogP contribution is 2.29. The van der Waals surface area contributed by atoms with E-state index in [1.54, 1.807) is 23.1 Å². The van der Waals surface area contributed by atoms with Crippen LogP contribution in [-0.2, 0) is 10.0 Å². The number of rotatable bonds is 6. The van der Waals surface area contributed by atoms with Gasteiger partial charge < -0.3 is 14.4 Å².